The summed E-state index contributed by atoms with van der Waals surface area (Å²) >= 11 is 1.52. The fraction of sp³-hybridized carbons (Fsp3) is 0.538. The van der Waals surface area contributed by atoms with Gasteiger partial charge >= 0.3 is 5.97 Å². The van der Waals surface area contributed by atoms with Crippen LogP contribution in [0.1, 0.15) is 27.2 Å². The molecular weight excluding hydrogens is 264 g/mol. The van der Waals surface area contributed by atoms with Crippen LogP contribution in [0.15, 0.2) is 0 Å². The molecule has 1 aromatic rings. The maximum absolute atomic E-state index is 12.0. The molecule has 0 radical (unpaired) electrons. The Hall–Kier alpha value is -1.40. The van der Waals surface area contributed by atoms with Crippen LogP contribution in [-0.2, 0) is 22.4 Å². The van der Waals surface area contributed by atoms with Crippen LogP contribution in [0.25, 0.3) is 0 Å². The normalized spacial score (nSPS) is 17.7. The van der Waals surface area contributed by atoms with Crippen molar-refractivity contribution in [1.82, 2.24) is 5.32 Å². The lowest BCUT2D eigenvalue weighted by Gasteiger charge is -2.25. The Balaban J connectivity index is 1.87. The Bertz CT molecular complexity index is 534. The van der Waals surface area contributed by atoms with Gasteiger partial charge in [-0.25, -0.2) is 4.79 Å². The van der Waals surface area contributed by atoms with Gasteiger partial charge in [-0.1, -0.05) is 0 Å². The van der Waals surface area contributed by atoms with E-state index >= 15 is 0 Å². The van der Waals surface area contributed by atoms with E-state index in [0.29, 0.717) is 23.7 Å². The van der Waals surface area contributed by atoms with Crippen molar-refractivity contribution in [2.45, 2.75) is 19.3 Å². The Morgan fingerprint density at radius 1 is 1.37 bits per heavy atom. The highest BCUT2D eigenvalue weighted by Crippen LogP contribution is 2.39. The zero-order valence-corrected chi connectivity index (χ0v) is 11.6. The first-order valence-electron chi connectivity index (χ1n) is 6.45. The van der Waals surface area contributed by atoms with Crippen LogP contribution in [0, 0.1) is 5.92 Å². The molecule has 2 aliphatic rings. The van der Waals surface area contributed by atoms with Crippen molar-refractivity contribution >= 4 is 28.2 Å². The van der Waals surface area contributed by atoms with Crippen molar-refractivity contribution < 1.29 is 14.3 Å². The molecule has 1 amide bonds. The first-order chi connectivity index (χ1) is 9.20. The van der Waals surface area contributed by atoms with E-state index in [9.17, 15) is 9.59 Å². The van der Waals surface area contributed by atoms with Crippen molar-refractivity contribution in [2.24, 2.45) is 5.92 Å². The molecule has 1 saturated heterocycles. The molecule has 0 spiro atoms. The number of ether oxygens (including phenoxy) is 1. The van der Waals surface area contributed by atoms with Crippen molar-refractivity contribution in [3.63, 3.8) is 0 Å². The Kier molecular flexibility index (Phi) is 3.28. The topological polar surface area (TPSA) is 67.4 Å². The predicted octanol–water partition coefficient (Wildman–Crippen LogP) is 1.18. The minimum atomic E-state index is -0.346. The minimum absolute atomic E-state index is 0.0103. The summed E-state index contributed by atoms with van der Waals surface area (Å²) in [6, 6.07) is 0. The SMILES string of the molecule is COC(=O)c1c(NC(=O)C2CNC2)sc2c1CCC2. The van der Waals surface area contributed by atoms with Gasteiger partial charge in [0.25, 0.3) is 0 Å². The molecule has 2 N–H and O–H groups in total. The van der Waals surface area contributed by atoms with Gasteiger partial charge in [-0.3, -0.25) is 4.79 Å². The second-order valence-electron chi connectivity index (χ2n) is 4.90. The number of amides is 1. The highest BCUT2D eigenvalue weighted by Gasteiger charge is 2.30. The van der Waals surface area contributed by atoms with E-state index in [2.05, 4.69) is 10.6 Å². The van der Waals surface area contributed by atoms with Gasteiger partial charge < -0.3 is 15.4 Å². The third-order valence-electron chi connectivity index (χ3n) is 3.70. The van der Waals surface area contributed by atoms with Gasteiger partial charge in [0.2, 0.25) is 5.91 Å². The van der Waals surface area contributed by atoms with Gasteiger partial charge in [0.1, 0.15) is 5.00 Å². The van der Waals surface area contributed by atoms with E-state index in [1.807, 2.05) is 0 Å². The van der Waals surface area contributed by atoms with Gasteiger partial charge in [0, 0.05) is 18.0 Å². The fourth-order valence-electron chi connectivity index (χ4n) is 2.50. The second-order valence-corrected chi connectivity index (χ2v) is 6.00. The number of rotatable bonds is 3. The lowest BCUT2D eigenvalue weighted by Crippen LogP contribution is -2.48. The fourth-order valence-corrected chi connectivity index (χ4v) is 3.78. The van der Waals surface area contributed by atoms with Crippen LogP contribution in [0.4, 0.5) is 5.00 Å². The largest absolute Gasteiger partial charge is 0.465 e. The maximum Gasteiger partial charge on any atom is 0.341 e. The molecule has 0 aromatic carbocycles. The summed E-state index contributed by atoms with van der Waals surface area (Å²) in [5, 5.41) is 6.62. The molecule has 3 rings (SSSR count). The van der Waals surface area contributed by atoms with E-state index < -0.39 is 0 Å². The minimum Gasteiger partial charge on any atom is -0.465 e. The molecule has 19 heavy (non-hydrogen) atoms. The lowest BCUT2D eigenvalue weighted by atomic mass is 10.0. The van der Waals surface area contributed by atoms with Crippen LogP contribution in [0.5, 0.6) is 0 Å². The molecular formula is C13H16N2O3S. The third kappa shape index (κ3) is 2.15. The van der Waals surface area contributed by atoms with E-state index in [0.717, 1.165) is 24.8 Å². The van der Waals surface area contributed by atoms with E-state index in [1.165, 1.54) is 23.3 Å². The van der Waals surface area contributed by atoms with Crippen LogP contribution in [-0.4, -0.2) is 32.1 Å². The highest BCUT2D eigenvalue weighted by atomic mass is 32.1. The molecule has 0 saturated carbocycles. The number of hydrogen-bond donors (Lipinski definition) is 2. The summed E-state index contributed by atoms with van der Waals surface area (Å²) < 4.78 is 4.85. The van der Waals surface area contributed by atoms with Crippen LogP contribution >= 0.6 is 11.3 Å². The number of esters is 1. The van der Waals surface area contributed by atoms with E-state index in [4.69, 9.17) is 4.74 Å². The monoisotopic (exact) mass is 280 g/mol. The Morgan fingerprint density at radius 2 is 2.16 bits per heavy atom. The number of fused-ring (bicyclic) bond motifs is 1. The summed E-state index contributed by atoms with van der Waals surface area (Å²) in [5.41, 5.74) is 1.64. The highest BCUT2D eigenvalue weighted by molar-refractivity contribution is 7.17. The number of anilines is 1. The lowest BCUT2D eigenvalue weighted by molar-refractivity contribution is -0.121. The second kappa shape index (κ2) is 4.94. The number of carbonyl (C=O) groups is 2. The van der Waals surface area contributed by atoms with Gasteiger partial charge in [0.05, 0.1) is 18.6 Å². The zero-order chi connectivity index (χ0) is 13.4. The summed E-state index contributed by atoms with van der Waals surface area (Å²) in [7, 11) is 1.38. The molecule has 0 atom stereocenters. The van der Waals surface area contributed by atoms with Gasteiger partial charge in [-0.2, -0.15) is 0 Å². The zero-order valence-electron chi connectivity index (χ0n) is 10.7. The van der Waals surface area contributed by atoms with E-state index in [-0.39, 0.29) is 17.8 Å². The summed E-state index contributed by atoms with van der Waals surface area (Å²) in [4.78, 5) is 25.1. The van der Waals surface area contributed by atoms with Crippen molar-refractivity contribution in [3.8, 4) is 0 Å². The molecule has 1 fully saturated rings. The van der Waals surface area contributed by atoms with Crippen LogP contribution in [0.2, 0.25) is 0 Å². The number of thiophene rings is 1. The molecule has 102 valence electrons. The number of carbonyl (C=O) groups excluding carboxylic acids is 2. The number of methoxy groups -OCH3 is 1. The molecule has 0 unspecified atom stereocenters. The average molecular weight is 280 g/mol. The van der Waals surface area contributed by atoms with Crippen LogP contribution < -0.4 is 10.6 Å². The first-order valence-corrected chi connectivity index (χ1v) is 7.26. The molecule has 6 heteroatoms. The number of hydrogen-bond acceptors (Lipinski definition) is 5. The standard InChI is InChI=1S/C13H16N2O3S/c1-18-13(17)10-8-3-2-4-9(8)19-12(10)15-11(16)7-5-14-6-7/h7,14H,2-6H2,1H3,(H,15,16). The predicted molar refractivity (Wildman–Crippen MR) is 72.7 cm³/mol. The molecule has 1 aliphatic carbocycles. The molecule has 2 heterocycles. The third-order valence-corrected chi connectivity index (χ3v) is 4.91. The number of nitrogens with one attached hydrogen (secondary N) is 2. The smallest absolute Gasteiger partial charge is 0.341 e. The quantitative estimate of drug-likeness (QED) is 0.816. The van der Waals surface area contributed by atoms with Crippen molar-refractivity contribution in [1.29, 1.82) is 0 Å². The average Bonchev–Trinajstić information content (AvgIpc) is 2.85. The molecule has 0 bridgehead atoms. The van der Waals surface area contributed by atoms with E-state index in [1.54, 1.807) is 0 Å². The maximum atomic E-state index is 12.0. The Labute approximate surface area is 115 Å². The van der Waals surface area contributed by atoms with Crippen molar-refractivity contribution in [3.05, 3.63) is 16.0 Å². The summed E-state index contributed by atoms with van der Waals surface area (Å²) in [5.74, 6) is -0.340. The molecule has 1 aromatic heterocycles. The number of aryl methyl sites for hydroxylation is 1. The molecule has 5 nitrogen and oxygen atoms in total. The Morgan fingerprint density at radius 3 is 2.79 bits per heavy atom. The van der Waals surface area contributed by atoms with Gasteiger partial charge in [-0.05, 0) is 24.8 Å². The summed E-state index contributed by atoms with van der Waals surface area (Å²) in [6.45, 7) is 1.43. The van der Waals surface area contributed by atoms with Crippen LogP contribution in [0.3, 0.4) is 0 Å². The molecule has 1 aliphatic heterocycles. The first kappa shape index (κ1) is 12.6. The van der Waals surface area contributed by atoms with Crippen molar-refractivity contribution in [2.75, 3.05) is 25.5 Å². The van der Waals surface area contributed by atoms with Gasteiger partial charge in [-0.15, -0.1) is 11.3 Å². The summed E-state index contributed by atoms with van der Waals surface area (Å²) in [6.07, 6.45) is 2.97. The van der Waals surface area contributed by atoms with Gasteiger partial charge in [0.15, 0.2) is 0 Å².